The van der Waals surface area contributed by atoms with Gasteiger partial charge in [0.05, 0.1) is 25.0 Å². The predicted molar refractivity (Wildman–Crippen MR) is 83.1 cm³/mol. The maximum absolute atomic E-state index is 11.9. The Labute approximate surface area is 128 Å². The van der Waals surface area contributed by atoms with E-state index in [1.807, 2.05) is 19.1 Å². The number of nitrogens with one attached hydrogen (secondary N) is 1. The first-order chi connectivity index (χ1) is 9.08. The molecule has 0 unspecified atom stereocenters. The van der Waals surface area contributed by atoms with Crippen LogP contribution in [0, 0.1) is 0 Å². The van der Waals surface area contributed by atoms with Crippen LogP contribution in [0.3, 0.4) is 0 Å². The lowest BCUT2D eigenvalue weighted by Gasteiger charge is -2.03. The normalized spacial score (nSPS) is 11.4. The lowest BCUT2D eigenvalue weighted by atomic mass is 10.2. The maximum Gasteiger partial charge on any atom is 0.272 e. The molecule has 1 amide bonds. The fourth-order valence-corrected chi connectivity index (χ4v) is 2.96. The average molecular weight is 358 g/mol. The third-order valence-corrected chi connectivity index (χ3v) is 4.44. The number of carbonyl (C=O) groups is 1. The van der Waals surface area contributed by atoms with Crippen molar-refractivity contribution in [1.29, 1.82) is 0 Å². The van der Waals surface area contributed by atoms with Crippen molar-refractivity contribution < 1.29 is 4.79 Å². The van der Waals surface area contributed by atoms with E-state index in [1.54, 1.807) is 35.6 Å². The topological polar surface area (TPSA) is 41.5 Å². The van der Waals surface area contributed by atoms with Gasteiger partial charge in [-0.3, -0.25) is 4.79 Å². The van der Waals surface area contributed by atoms with Crippen LogP contribution in [0.1, 0.15) is 22.2 Å². The Morgan fingerprint density at radius 3 is 2.68 bits per heavy atom. The smallest absolute Gasteiger partial charge is 0.267 e. The molecular weight excluding hydrogens is 348 g/mol. The molecule has 2 aromatic rings. The molecule has 0 aliphatic heterocycles. The number of hydrazone groups is 1. The van der Waals surface area contributed by atoms with Crippen LogP contribution in [0.4, 0.5) is 0 Å². The lowest BCUT2D eigenvalue weighted by molar-refractivity contribution is 0.0955. The summed E-state index contributed by atoms with van der Waals surface area (Å²) in [6, 6.07) is 10.7. The maximum atomic E-state index is 11.9. The second-order valence-corrected chi connectivity index (χ2v) is 6.59. The van der Waals surface area contributed by atoms with E-state index < -0.39 is 0 Å². The van der Waals surface area contributed by atoms with E-state index in [9.17, 15) is 4.79 Å². The summed E-state index contributed by atoms with van der Waals surface area (Å²) in [6.45, 7) is 1.84. The van der Waals surface area contributed by atoms with Crippen LogP contribution >= 0.6 is 38.9 Å². The summed E-state index contributed by atoms with van der Waals surface area (Å²) in [6.07, 6.45) is 0. The largest absolute Gasteiger partial charge is 0.272 e. The fraction of sp³-hybridized carbons (Fsp3) is 0.0769. The average Bonchev–Trinajstić information content (AvgIpc) is 2.83. The van der Waals surface area contributed by atoms with Crippen molar-refractivity contribution in [1.82, 2.24) is 5.43 Å². The Balaban J connectivity index is 2.10. The quantitative estimate of drug-likeness (QED) is 0.645. The molecule has 0 saturated heterocycles. The number of amides is 1. The van der Waals surface area contributed by atoms with Crippen molar-refractivity contribution in [2.45, 2.75) is 6.92 Å². The van der Waals surface area contributed by atoms with Crippen LogP contribution in [-0.4, -0.2) is 11.6 Å². The highest BCUT2D eigenvalue weighted by Crippen LogP contribution is 2.22. The predicted octanol–water partition coefficient (Wildman–Crippen LogP) is 4.32. The van der Waals surface area contributed by atoms with Crippen molar-refractivity contribution in [3.63, 3.8) is 0 Å². The number of carbonyl (C=O) groups excluding carboxylic acids is 1. The lowest BCUT2D eigenvalue weighted by Crippen LogP contribution is -2.19. The molecule has 0 bridgehead atoms. The molecule has 1 N–H and O–H groups in total. The van der Waals surface area contributed by atoms with E-state index >= 15 is 0 Å². The Morgan fingerprint density at radius 1 is 1.32 bits per heavy atom. The summed E-state index contributed by atoms with van der Waals surface area (Å²) in [5, 5.41) is 4.48. The minimum absolute atomic E-state index is 0.319. The molecule has 1 aromatic carbocycles. The van der Waals surface area contributed by atoms with Crippen LogP contribution < -0.4 is 5.43 Å². The fourth-order valence-electron chi connectivity index (χ4n) is 1.40. The molecule has 2 rings (SSSR count). The Hall–Kier alpha value is -1.17. The SMILES string of the molecule is C/C(=N\NC(=O)c1ccccc1Cl)c1ccc(Br)s1. The molecule has 19 heavy (non-hydrogen) atoms. The van der Waals surface area contributed by atoms with Gasteiger partial charge >= 0.3 is 0 Å². The van der Waals surface area contributed by atoms with E-state index in [1.165, 1.54) is 0 Å². The molecule has 0 aliphatic rings. The highest BCUT2D eigenvalue weighted by atomic mass is 79.9. The molecule has 0 spiro atoms. The first-order valence-corrected chi connectivity index (χ1v) is 7.41. The summed E-state index contributed by atoms with van der Waals surface area (Å²) < 4.78 is 1.02. The van der Waals surface area contributed by atoms with E-state index in [4.69, 9.17) is 11.6 Å². The van der Waals surface area contributed by atoms with Gasteiger partial charge in [0.25, 0.3) is 5.91 Å². The standard InChI is InChI=1S/C13H10BrClN2OS/c1-8(11-6-7-12(14)19-11)16-17-13(18)9-4-2-3-5-10(9)15/h2-7H,1H3,(H,17,18)/b16-8+. The number of benzene rings is 1. The number of halogens is 2. The van der Waals surface area contributed by atoms with E-state index in [0.29, 0.717) is 10.6 Å². The van der Waals surface area contributed by atoms with E-state index in [0.717, 1.165) is 14.4 Å². The van der Waals surface area contributed by atoms with Crippen LogP contribution in [0.15, 0.2) is 45.3 Å². The summed E-state index contributed by atoms with van der Waals surface area (Å²) in [7, 11) is 0. The summed E-state index contributed by atoms with van der Waals surface area (Å²) >= 11 is 10.9. The Bertz CT molecular complexity index is 639. The van der Waals surface area contributed by atoms with Crippen molar-refractivity contribution >= 4 is 50.5 Å². The molecule has 0 aliphatic carbocycles. The second kappa shape index (κ2) is 6.32. The van der Waals surface area contributed by atoms with Crippen LogP contribution in [-0.2, 0) is 0 Å². The zero-order chi connectivity index (χ0) is 13.8. The van der Waals surface area contributed by atoms with Gasteiger partial charge in [0.15, 0.2) is 0 Å². The van der Waals surface area contributed by atoms with Gasteiger partial charge in [-0.2, -0.15) is 5.10 Å². The van der Waals surface area contributed by atoms with Crippen LogP contribution in [0.5, 0.6) is 0 Å². The van der Waals surface area contributed by atoms with Crippen molar-refractivity contribution in [2.24, 2.45) is 5.10 Å². The number of hydrogen-bond donors (Lipinski definition) is 1. The molecule has 98 valence electrons. The van der Waals surface area contributed by atoms with Gasteiger partial charge in [0, 0.05) is 0 Å². The number of nitrogens with zero attached hydrogens (tertiary/aromatic N) is 1. The summed E-state index contributed by atoms with van der Waals surface area (Å²) in [4.78, 5) is 12.9. The Morgan fingerprint density at radius 2 is 2.05 bits per heavy atom. The molecule has 1 heterocycles. The van der Waals surface area contributed by atoms with Gasteiger partial charge in [-0.15, -0.1) is 11.3 Å². The Kier molecular flexibility index (Phi) is 4.74. The minimum Gasteiger partial charge on any atom is -0.267 e. The van der Waals surface area contributed by atoms with Gasteiger partial charge in [-0.05, 0) is 47.1 Å². The van der Waals surface area contributed by atoms with Gasteiger partial charge in [-0.1, -0.05) is 23.7 Å². The summed E-state index contributed by atoms with van der Waals surface area (Å²) in [5.41, 5.74) is 3.66. The van der Waals surface area contributed by atoms with E-state index in [-0.39, 0.29) is 5.91 Å². The van der Waals surface area contributed by atoms with Gasteiger partial charge in [0.1, 0.15) is 0 Å². The van der Waals surface area contributed by atoms with E-state index in [2.05, 4.69) is 26.5 Å². The molecule has 3 nitrogen and oxygen atoms in total. The van der Waals surface area contributed by atoms with Gasteiger partial charge in [0.2, 0.25) is 0 Å². The molecule has 0 atom stereocenters. The van der Waals surface area contributed by atoms with Crippen molar-refractivity contribution in [3.8, 4) is 0 Å². The first-order valence-electron chi connectivity index (χ1n) is 5.43. The monoisotopic (exact) mass is 356 g/mol. The van der Waals surface area contributed by atoms with Crippen molar-refractivity contribution in [2.75, 3.05) is 0 Å². The van der Waals surface area contributed by atoms with Gasteiger partial charge in [-0.25, -0.2) is 5.43 Å². The second-order valence-electron chi connectivity index (χ2n) is 3.72. The number of rotatable bonds is 3. The van der Waals surface area contributed by atoms with Crippen molar-refractivity contribution in [3.05, 3.63) is 55.6 Å². The zero-order valence-electron chi connectivity index (χ0n) is 9.98. The van der Waals surface area contributed by atoms with Crippen LogP contribution in [0.25, 0.3) is 0 Å². The highest BCUT2D eigenvalue weighted by Gasteiger charge is 2.09. The molecule has 0 saturated carbocycles. The highest BCUT2D eigenvalue weighted by molar-refractivity contribution is 9.11. The first kappa shape index (κ1) is 14.2. The third-order valence-electron chi connectivity index (χ3n) is 2.37. The number of hydrogen-bond acceptors (Lipinski definition) is 3. The van der Waals surface area contributed by atoms with Gasteiger partial charge < -0.3 is 0 Å². The zero-order valence-corrected chi connectivity index (χ0v) is 13.1. The molecule has 0 fully saturated rings. The summed E-state index contributed by atoms with van der Waals surface area (Å²) in [5.74, 6) is -0.319. The number of thiophene rings is 1. The molecular formula is C13H10BrClN2OS. The molecule has 6 heteroatoms. The molecule has 0 radical (unpaired) electrons. The molecule has 1 aromatic heterocycles. The third kappa shape index (κ3) is 3.65. The van der Waals surface area contributed by atoms with Crippen LogP contribution in [0.2, 0.25) is 5.02 Å². The minimum atomic E-state index is -0.319.